The Hall–Kier alpha value is -2.12. The summed E-state index contributed by atoms with van der Waals surface area (Å²) >= 11 is 5.94. The molecule has 21 heavy (non-hydrogen) atoms. The Morgan fingerprint density at radius 1 is 1.19 bits per heavy atom. The van der Waals surface area contributed by atoms with Crippen LogP contribution in [0, 0.1) is 0 Å². The lowest BCUT2D eigenvalue weighted by Gasteiger charge is -2.37. The first-order valence-corrected chi connectivity index (χ1v) is 6.55. The molecular weight excluding hydrogens is 300 g/mol. The Labute approximate surface area is 125 Å². The highest BCUT2D eigenvalue weighted by atomic mass is 35.5. The van der Waals surface area contributed by atoms with E-state index in [1.54, 1.807) is 12.1 Å². The molecule has 2 unspecified atom stereocenters. The third-order valence-corrected chi connectivity index (χ3v) is 3.58. The number of carbonyl (C=O) groups is 3. The van der Waals surface area contributed by atoms with E-state index < -0.39 is 29.9 Å². The van der Waals surface area contributed by atoms with Gasteiger partial charge in [-0.25, -0.2) is 4.79 Å². The number of hydrogen-bond donors (Lipinski definition) is 3. The standard InChI is InChI=1S/C13H13ClN2O5/c14-8-4-2-1-3-7(8)11(17)16-6-5-15-9(12(18)19)10(16)13(20)21/h1-4,9-10,15H,5-6H2,(H,18,19)(H,20,21). The second-order valence-electron chi connectivity index (χ2n) is 4.53. The molecule has 0 aliphatic carbocycles. The highest BCUT2D eigenvalue weighted by molar-refractivity contribution is 6.33. The van der Waals surface area contributed by atoms with Crippen molar-refractivity contribution in [3.63, 3.8) is 0 Å². The summed E-state index contributed by atoms with van der Waals surface area (Å²) in [6.07, 6.45) is 0. The van der Waals surface area contributed by atoms with Gasteiger partial charge >= 0.3 is 11.9 Å². The van der Waals surface area contributed by atoms with Crippen molar-refractivity contribution in [3.8, 4) is 0 Å². The van der Waals surface area contributed by atoms with Crippen molar-refractivity contribution >= 4 is 29.4 Å². The fourth-order valence-electron chi connectivity index (χ4n) is 2.29. The Bertz CT molecular complexity index is 592. The maximum absolute atomic E-state index is 12.5. The molecule has 0 bridgehead atoms. The normalized spacial score (nSPS) is 21.9. The minimum absolute atomic E-state index is 0.0881. The molecule has 2 atom stereocenters. The molecule has 3 N–H and O–H groups in total. The molecule has 1 heterocycles. The van der Waals surface area contributed by atoms with Crippen LogP contribution in [0.5, 0.6) is 0 Å². The molecule has 0 aromatic heterocycles. The van der Waals surface area contributed by atoms with E-state index in [0.717, 1.165) is 4.90 Å². The van der Waals surface area contributed by atoms with Crippen LogP contribution in [-0.2, 0) is 9.59 Å². The number of halogens is 1. The van der Waals surface area contributed by atoms with Gasteiger partial charge in [-0.2, -0.15) is 0 Å². The minimum atomic E-state index is -1.49. The first-order chi connectivity index (χ1) is 9.93. The van der Waals surface area contributed by atoms with E-state index in [-0.39, 0.29) is 23.7 Å². The maximum atomic E-state index is 12.5. The lowest BCUT2D eigenvalue weighted by atomic mass is 10.0. The van der Waals surface area contributed by atoms with Gasteiger partial charge in [-0.1, -0.05) is 23.7 Å². The zero-order valence-electron chi connectivity index (χ0n) is 10.8. The molecule has 112 valence electrons. The van der Waals surface area contributed by atoms with Gasteiger partial charge in [-0.05, 0) is 12.1 Å². The first kappa shape index (κ1) is 15.3. The summed E-state index contributed by atoms with van der Waals surface area (Å²) in [6.45, 7) is 0.280. The summed E-state index contributed by atoms with van der Waals surface area (Å²) in [5.41, 5.74) is 0.149. The summed E-state index contributed by atoms with van der Waals surface area (Å²) in [4.78, 5) is 36.0. The third-order valence-electron chi connectivity index (χ3n) is 3.25. The number of nitrogens with zero attached hydrogens (tertiary/aromatic N) is 1. The lowest BCUT2D eigenvalue weighted by Crippen LogP contribution is -2.65. The Kier molecular flexibility index (Phi) is 4.44. The number of carboxylic acid groups (broad SMARTS) is 2. The Balaban J connectivity index is 2.36. The van der Waals surface area contributed by atoms with E-state index in [1.807, 2.05) is 0 Å². The number of carboxylic acids is 2. The largest absolute Gasteiger partial charge is 0.480 e. The van der Waals surface area contributed by atoms with Gasteiger partial charge in [0.25, 0.3) is 5.91 Å². The van der Waals surface area contributed by atoms with E-state index >= 15 is 0 Å². The van der Waals surface area contributed by atoms with Crippen molar-refractivity contribution in [1.82, 2.24) is 10.2 Å². The number of piperazine rings is 1. The SMILES string of the molecule is O=C(O)C1NCCN(C(=O)c2ccccc2Cl)C1C(=O)O. The highest BCUT2D eigenvalue weighted by Crippen LogP contribution is 2.20. The third kappa shape index (κ3) is 2.98. The lowest BCUT2D eigenvalue weighted by molar-refractivity contribution is -0.152. The van der Waals surface area contributed by atoms with Gasteiger partial charge in [0.2, 0.25) is 0 Å². The predicted octanol–water partition coefficient (Wildman–Crippen LogP) is 0.292. The van der Waals surface area contributed by atoms with Crippen LogP contribution in [0.4, 0.5) is 0 Å². The number of nitrogens with one attached hydrogen (secondary N) is 1. The van der Waals surface area contributed by atoms with Gasteiger partial charge in [0.15, 0.2) is 6.04 Å². The fraction of sp³-hybridized carbons (Fsp3) is 0.308. The monoisotopic (exact) mass is 312 g/mol. The van der Waals surface area contributed by atoms with Crippen LogP contribution < -0.4 is 5.32 Å². The summed E-state index contributed by atoms with van der Waals surface area (Å²) in [7, 11) is 0. The van der Waals surface area contributed by atoms with Crippen molar-refractivity contribution in [2.75, 3.05) is 13.1 Å². The average molecular weight is 313 g/mol. The second-order valence-corrected chi connectivity index (χ2v) is 4.94. The number of rotatable bonds is 3. The van der Waals surface area contributed by atoms with E-state index in [2.05, 4.69) is 5.32 Å². The van der Waals surface area contributed by atoms with Crippen molar-refractivity contribution in [2.24, 2.45) is 0 Å². The van der Waals surface area contributed by atoms with Crippen LogP contribution in [-0.4, -0.2) is 58.1 Å². The van der Waals surface area contributed by atoms with Crippen molar-refractivity contribution in [3.05, 3.63) is 34.9 Å². The molecule has 1 aliphatic rings. The highest BCUT2D eigenvalue weighted by Gasteiger charge is 2.43. The second kappa shape index (κ2) is 6.11. The summed E-state index contributed by atoms with van der Waals surface area (Å²) in [5, 5.41) is 21.1. The Morgan fingerprint density at radius 3 is 2.43 bits per heavy atom. The van der Waals surface area contributed by atoms with Gasteiger partial charge in [-0.3, -0.25) is 9.59 Å². The average Bonchev–Trinajstić information content (AvgIpc) is 2.46. The van der Waals surface area contributed by atoms with E-state index in [9.17, 15) is 19.5 Å². The number of aliphatic carboxylic acids is 2. The molecule has 1 aromatic carbocycles. The maximum Gasteiger partial charge on any atom is 0.328 e. The number of carbonyl (C=O) groups excluding carboxylic acids is 1. The predicted molar refractivity (Wildman–Crippen MR) is 73.3 cm³/mol. The van der Waals surface area contributed by atoms with Gasteiger partial charge < -0.3 is 20.4 Å². The van der Waals surface area contributed by atoms with Crippen LogP contribution in [0.3, 0.4) is 0 Å². The molecule has 8 heteroatoms. The number of amides is 1. The van der Waals surface area contributed by atoms with Crippen LogP contribution in [0.1, 0.15) is 10.4 Å². The molecule has 1 aromatic rings. The topological polar surface area (TPSA) is 107 Å². The molecule has 7 nitrogen and oxygen atoms in total. The molecule has 0 radical (unpaired) electrons. The van der Waals surface area contributed by atoms with Gasteiger partial charge in [0.05, 0.1) is 10.6 Å². The molecule has 2 rings (SSSR count). The van der Waals surface area contributed by atoms with Crippen LogP contribution >= 0.6 is 11.6 Å². The van der Waals surface area contributed by atoms with Crippen molar-refractivity contribution in [2.45, 2.75) is 12.1 Å². The van der Waals surface area contributed by atoms with Gasteiger partial charge in [0, 0.05) is 13.1 Å². The summed E-state index contributed by atoms with van der Waals surface area (Å²) in [5.74, 6) is -3.30. The van der Waals surface area contributed by atoms with Crippen LogP contribution in [0.25, 0.3) is 0 Å². The minimum Gasteiger partial charge on any atom is -0.480 e. The quantitative estimate of drug-likeness (QED) is 0.740. The molecule has 0 spiro atoms. The van der Waals surface area contributed by atoms with E-state index in [1.165, 1.54) is 12.1 Å². The first-order valence-electron chi connectivity index (χ1n) is 6.18. The number of hydrogen-bond acceptors (Lipinski definition) is 4. The zero-order valence-corrected chi connectivity index (χ0v) is 11.6. The number of benzene rings is 1. The molecular formula is C13H13ClN2O5. The van der Waals surface area contributed by atoms with Crippen LogP contribution in [0.15, 0.2) is 24.3 Å². The molecule has 1 aliphatic heterocycles. The fourth-order valence-corrected chi connectivity index (χ4v) is 2.50. The van der Waals surface area contributed by atoms with Crippen molar-refractivity contribution < 1.29 is 24.6 Å². The molecule has 0 saturated carbocycles. The zero-order chi connectivity index (χ0) is 15.6. The molecule has 1 fully saturated rings. The van der Waals surface area contributed by atoms with Gasteiger partial charge in [0.1, 0.15) is 6.04 Å². The van der Waals surface area contributed by atoms with E-state index in [4.69, 9.17) is 16.7 Å². The van der Waals surface area contributed by atoms with Gasteiger partial charge in [-0.15, -0.1) is 0 Å². The summed E-state index contributed by atoms with van der Waals surface area (Å²) < 4.78 is 0. The Morgan fingerprint density at radius 2 is 1.86 bits per heavy atom. The van der Waals surface area contributed by atoms with Crippen molar-refractivity contribution in [1.29, 1.82) is 0 Å². The van der Waals surface area contributed by atoms with E-state index in [0.29, 0.717) is 0 Å². The smallest absolute Gasteiger partial charge is 0.328 e. The molecule has 1 saturated heterocycles. The molecule has 1 amide bonds. The summed E-state index contributed by atoms with van der Waals surface area (Å²) in [6, 6.07) is 3.39. The van der Waals surface area contributed by atoms with Crippen LogP contribution in [0.2, 0.25) is 5.02 Å².